The van der Waals surface area contributed by atoms with E-state index in [0.29, 0.717) is 11.8 Å². The topological polar surface area (TPSA) is 0 Å². The van der Waals surface area contributed by atoms with Crippen LogP contribution in [0, 0.1) is 33.5 Å². The lowest BCUT2D eigenvalue weighted by Gasteiger charge is -2.56. The van der Waals surface area contributed by atoms with Crippen LogP contribution in [0.5, 0.6) is 0 Å². The van der Waals surface area contributed by atoms with Crippen LogP contribution in [0.2, 0.25) is 0 Å². The Morgan fingerprint density at radius 2 is 0.615 bits per heavy atom. The summed E-state index contributed by atoms with van der Waals surface area (Å²) in [5.41, 5.74) is 1.00. The fourth-order valence-corrected chi connectivity index (χ4v) is 7.27. The van der Waals surface area contributed by atoms with Gasteiger partial charge in [0.1, 0.15) is 0 Å². The highest BCUT2D eigenvalue weighted by atomic mass is 33.1. The summed E-state index contributed by atoms with van der Waals surface area (Å²) in [5.74, 6) is 1.32. The Morgan fingerprint density at radius 1 is 0.423 bits per heavy atom. The fraction of sp³-hybridized carbons (Fsp3) is 1.00. The largest absolute Gasteiger partial charge is 0.0867 e. The smallest absolute Gasteiger partial charge is 0.0263 e. The Morgan fingerprint density at radius 3 is 0.769 bits per heavy atom. The molecule has 0 aromatic rings. The zero-order valence-corrected chi connectivity index (χ0v) is 22.6. The lowest BCUT2D eigenvalue weighted by Crippen LogP contribution is -2.51. The molecule has 0 radical (unpaired) electrons. The second-order valence-corrected chi connectivity index (χ2v) is 15.6. The van der Waals surface area contributed by atoms with Gasteiger partial charge in [0.25, 0.3) is 0 Å². The maximum absolute atomic E-state index is 2.47. The van der Waals surface area contributed by atoms with E-state index in [9.17, 15) is 0 Å². The van der Waals surface area contributed by atoms with Gasteiger partial charge in [0.15, 0.2) is 0 Å². The molecule has 0 N–H and O–H groups in total. The molecule has 0 spiro atoms. The van der Waals surface area contributed by atoms with E-state index >= 15 is 0 Å². The van der Waals surface area contributed by atoms with Crippen LogP contribution in [0.15, 0.2) is 0 Å². The van der Waals surface area contributed by atoms with Crippen LogP contribution in [0.1, 0.15) is 111 Å². The SMILES string of the molecule is CC(C)C(C)(C)C(C)(C)C(C)(C)SSC(C)(C)C(C)(C)C(C)(C)C(C)C. The van der Waals surface area contributed by atoms with E-state index in [1.807, 2.05) is 0 Å². The molecule has 0 atom stereocenters. The van der Waals surface area contributed by atoms with Crippen molar-refractivity contribution in [3.8, 4) is 0 Å². The van der Waals surface area contributed by atoms with Crippen molar-refractivity contribution >= 4 is 21.6 Å². The molecule has 0 rings (SSSR count). The van der Waals surface area contributed by atoms with Gasteiger partial charge in [-0.1, -0.05) is 105 Å². The quantitative estimate of drug-likeness (QED) is 0.352. The van der Waals surface area contributed by atoms with Gasteiger partial charge < -0.3 is 0 Å². The Balaban J connectivity index is 5.62. The van der Waals surface area contributed by atoms with Gasteiger partial charge in [0.05, 0.1) is 0 Å². The molecule has 0 fully saturated rings. The van der Waals surface area contributed by atoms with Gasteiger partial charge in [-0.25, -0.2) is 0 Å². The average Bonchev–Trinajstić information content (AvgIpc) is 2.44. The molecule has 0 bridgehead atoms. The van der Waals surface area contributed by atoms with Gasteiger partial charge >= 0.3 is 0 Å². The Bertz CT molecular complexity index is 419. The van der Waals surface area contributed by atoms with E-state index in [4.69, 9.17) is 0 Å². The predicted octanol–water partition coefficient (Wildman–Crippen LogP) is 9.34. The number of hydrogen-bond donors (Lipinski definition) is 0. The third-order valence-corrected chi connectivity index (χ3v) is 14.3. The van der Waals surface area contributed by atoms with E-state index in [1.165, 1.54) is 0 Å². The summed E-state index contributed by atoms with van der Waals surface area (Å²) in [7, 11) is 4.22. The Kier molecular flexibility index (Phi) is 8.06. The second kappa shape index (κ2) is 7.85. The van der Waals surface area contributed by atoms with E-state index in [-0.39, 0.29) is 31.2 Å². The highest BCUT2D eigenvalue weighted by Gasteiger charge is 2.53. The molecule has 0 amide bonds. The molecule has 158 valence electrons. The van der Waals surface area contributed by atoms with Gasteiger partial charge in [0, 0.05) is 9.49 Å². The summed E-state index contributed by atoms with van der Waals surface area (Å²) in [6.45, 7) is 38.9. The molecule has 0 aromatic heterocycles. The molecule has 0 unspecified atom stereocenters. The van der Waals surface area contributed by atoms with Crippen LogP contribution >= 0.6 is 21.6 Å². The lowest BCUT2D eigenvalue weighted by molar-refractivity contribution is 0.0275. The highest BCUT2D eigenvalue weighted by Crippen LogP contribution is 2.63. The van der Waals surface area contributed by atoms with Gasteiger partial charge in [-0.15, -0.1) is 0 Å². The van der Waals surface area contributed by atoms with Crippen molar-refractivity contribution in [1.82, 2.24) is 0 Å². The molecule has 26 heavy (non-hydrogen) atoms. The van der Waals surface area contributed by atoms with Crippen LogP contribution in [0.3, 0.4) is 0 Å². The van der Waals surface area contributed by atoms with Crippen molar-refractivity contribution in [2.75, 3.05) is 0 Å². The summed E-state index contributed by atoms with van der Waals surface area (Å²) < 4.78 is 0.363. The van der Waals surface area contributed by atoms with Crippen molar-refractivity contribution in [3.63, 3.8) is 0 Å². The van der Waals surface area contributed by atoms with Crippen molar-refractivity contribution in [2.45, 2.75) is 120 Å². The van der Waals surface area contributed by atoms with Crippen molar-refractivity contribution < 1.29 is 0 Å². The molecule has 0 aliphatic rings. The van der Waals surface area contributed by atoms with E-state index in [1.54, 1.807) is 0 Å². The minimum Gasteiger partial charge on any atom is -0.0867 e. The summed E-state index contributed by atoms with van der Waals surface area (Å²) >= 11 is 0. The first-order valence-corrected chi connectivity index (χ1v) is 12.6. The third kappa shape index (κ3) is 4.47. The lowest BCUT2D eigenvalue weighted by atomic mass is 9.57. The summed E-state index contributed by atoms with van der Waals surface area (Å²) in [4.78, 5) is 0. The van der Waals surface area contributed by atoms with Crippen LogP contribution in [-0.4, -0.2) is 9.49 Å². The predicted molar refractivity (Wildman–Crippen MR) is 128 cm³/mol. The molecule has 2 heteroatoms. The van der Waals surface area contributed by atoms with Crippen molar-refractivity contribution in [3.05, 3.63) is 0 Å². The number of rotatable bonds is 9. The van der Waals surface area contributed by atoms with E-state index < -0.39 is 0 Å². The second-order valence-electron chi connectivity index (χ2n) is 12.2. The molecule has 0 saturated heterocycles. The maximum atomic E-state index is 2.47. The molecule has 0 saturated carbocycles. The van der Waals surface area contributed by atoms with Gasteiger partial charge in [0.2, 0.25) is 0 Å². The molecular weight excluding hydrogens is 352 g/mol. The summed E-state index contributed by atoms with van der Waals surface area (Å²) in [6.07, 6.45) is 0. The first-order valence-electron chi connectivity index (χ1n) is 10.5. The fourth-order valence-electron chi connectivity index (χ4n) is 3.41. The average molecular weight is 403 g/mol. The van der Waals surface area contributed by atoms with Gasteiger partial charge in [-0.2, -0.15) is 0 Å². The number of hydrogen-bond acceptors (Lipinski definition) is 2. The Labute approximate surface area is 175 Å². The minimum atomic E-state index is 0.181. The van der Waals surface area contributed by atoms with Crippen LogP contribution < -0.4 is 0 Å². The Hall–Kier alpha value is 0.700. The van der Waals surface area contributed by atoms with Gasteiger partial charge in [-0.05, 0) is 61.2 Å². The van der Waals surface area contributed by atoms with E-state index in [2.05, 4.69) is 132 Å². The molecular formula is C24H50S2. The maximum Gasteiger partial charge on any atom is 0.0263 e. The molecule has 0 heterocycles. The minimum absolute atomic E-state index is 0.181. The standard InChI is InChI=1S/C24H50S2/c1-17(2)19(5,6)21(9,10)23(13,14)25-26-24(15,16)22(11,12)20(7,8)18(3)4/h17-18H,1-16H3. The summed E-state index contributed by atoms with van der Waals surface area (Å²) in [5, 5.41) is 0. The molecule has 0 aromatic carbocycles. The van der Waals surface area contributed by atoms with Crippen LogP contribution in [0.4, 0.5) is 0 Å². The van der Waals surface area contributed by atoms with E-state index in [0.717, 1.165) is 0 Å². The van der Waals surface area contributed by atoms with Gasteiger partial charge in [-0.3, -0.25) is 0 Å². The summed E-state index contributed by atoms with van der Waals surface area (Å²) in [6, 6.07) is 0. The first kappa shape index (κ1) is 26.7. The van der Waals surface area contributed by atoms with Crippen LogP contribution in [-0.2, 0) is 0 Å². The third-order valence-electron chi connectivity index (χ3n) is 9.58. The van der Waals surface area contributed by atoms with Crippen LogP contribution in [0.25, 0.3) is 0 Å². The first-order chi connectivity index (χ1) is 11.1. The highest BCUT2D eigenvalue weighted by molar-refractivity contribution is 8.77. The van der Waals surface area contributed by atoms with Crippen molar-refractivity contribution in [1.29, 1.82) is 0 Å². The normalized spacial score (nSPS) is 15.9. The zero-order valence-electron chi connectivity index (χ0n) is 21.0. The molecule has 0 nitrogen and oxygen atoms in total. The zero-order chi connectivity index (χ0) is 21.6. The monoisotopic (exact) mass is 402 g/mol. The van der Waals surface area contributed by atoms with Crippen molar-refractivity contribution in [2.24, 2.45) is 33.5 Å². The molecule has 0 aliphatic carbocycles. The molecule has 0 aliphatic heterocycles.